The number of nitrogens with zero attached hydrogens (tertiary/aromatic N) is 1. The van der Waals surface area contributed by atoms with Gasteiger partial charge in [-0.15, -0.1) is 0 Å². The van der Waals surface area contributed by atoms with Gasteiger partial charge in [0.15, 0.2) is 0 Å². The molecular weight excluding hydrogens is 184 g/mol. The number of hydrogen-bond donors (Lipinski definition) is 1. The molecule has 72 valence electrons. The molecule has 1 rings (SSSR count). The highest BCUT2D eigenvalue weighted by atomic mass is 35.5. The van der Waals surface area contributed by atoms with E-state index in [9.17, 15) is 0 Å². The maximum Gasteiger partial charge on any atom is 0.132 e. The lowest BCUT2D eigenvalue weighted by Crippen LogP contribution is -2.38. The zero-order valence-corrected chi connectivity index (χ0v) is 9.02. The molecule has 0 unspecified atom stereocenters. The van der Waals surface area contributed by atoms with E-state index in [1.54, 1.807) is 6.20 Å². The summed E-state index contributed by atoms with van der Waals surface area (Å²) in [6.45, 7) is 4.27. The first kappa shape index (κ1) is 10.5. The molecule has 1 N–H and O–H groups in total. The summed E-state index contributed by atoms with van der Waals surface area (Å²) >= 11 is 5.95. The summed E-state index contributed by atoms with van der Waals surface area (Å²) in [5.74, 6) is 0. The van der Waals surface area contributed by atoms with Gasteiger partial charge in [0, 0.05) is 11.7 Å². The van der Waals surface area contributed by atoms with Crippen molar-refractivity contribution in [1.29, 1.82) is 0 Å². The lowest BCUT2D eigenvalue weighted by Gasteiger charge is -2.24. The minimum Gasteiger partial charge on any atom is -0.314 e. The summed E-state index contributed by atoms with van der Waals surface area (Å²) < 4.78 is 0. The third kappa shape index (κ3) is 2.98. The molecule has 0 saturated carbocycles. The monoisotopic (exact) mass is 198 g/mol. The van der Waals surface area contributed by atoms with Crippen LogP contribution in [-0.2, 0) is 6.42 Å². The highest BCUT2D eigenvalue weighted by Gasteiger charge is 2.16. The van der Waals surface area contributed by atoms with Gasteiger partial charge in [-0.3, -0.25) is 0 Å². The van der Waals surface area contributed by atoms with Gasteiger partial charge in [-0.1, -0.05) is 17.7 Å². The second-order valence-electron chi connectivity index (χ2n) is 3.76. The predicted molar refractivity (Wildman–Crippen MR) is 56.1 cm³/mol. The Balaban J connectivity index is 2.80. The molecule has 0 saturated heterocycles. The fourth-order valence-corrected chi connectivity index (χ4v) is 1.30. The zero-order valence-electron chi connectivity index (χ0n) is 8.26. The van der Waals surface area contributed by atoms with E-state index in [1.807, 2.05) is 19.2 Å². The number of halogens is 1. The number of nitrogens with one attached hydrogen (secondary N) is 1. The highest BCUT2D eigenvalue weighted by molar-refractivity contribution is 6.30. The smallest absolute Gasteiger partial charge is 0.132 e. The van der Waals surface area contributed by atoms with Gasteiger partial charge in [-0.2, -0.15) is 0 Å². The molecule has 0 atom stereocenters. The number of hydrogen-bond acceptors (Lipinski definition) is 2. The molecule has 0 radical (unpaired) electrons. The SMILES string of the molecule is CNC(C)(C)Cc1cccnc1Cl. The van der Waals surface area contributed by atoms with Crippen LogP contribution in [0.2, 0.25) is 5.15 Å². The Morgan fingerprint density at radius 1 is 1.54 bits per heavy atom. The predicted octanol–water partition coefficient (Wildman–Crippen LogP) is 2.28. The molecule has 0 aliphatic rings. The highest BCUT2D eigenvalue weighted by Crippen LogP contribution is 2.17. The van der Waals surface area contributed by atoms with Crippen molar-refractivity contribution in [3.63, 3.8) is 0 Å². The summed E-state index contributed by atoms with van der Waals surface area (Å²) in [5.41, 5.74) is 1.15. The van der Waals surface area contributed by atoms with Crippen molar-refractivity contribution in [3.8, 4) is 0 Å². The molecular formula is C10H15ClN2. The lowest BCUT2D eigenvalue weighted by atomic mass is 9.96. The van der Waals surface area contributed by atoms with Crippen LogP contribution < -0.4 is 5.32 Å². The summed E-state index contributed by atoms with van der Waals surface area (Å²) in [6, 6.07) is 3.92. The van der Waals surface area contributed by atoms with E-state index in [4.69, 9.17) is 11.6 Å². The van der Waals surface area contributed by atoms with Crippen molar-refractivity contribution in [2.75, 3.05) is 7.05 Å². The van der Waals surface area contributed by atoms with Crippen LogP contribution in [0.3, 0.4) is 0 Å². The van der Waals surface area contributed by atoms with Crippen LogP contribution in [0.5, 0.6) is 0 Å². The first-order valence-electron chi connectivity index (χ1n) is 4.33. The summed E-state index contributed by atoms with van der Waals surface area (Å²) in [6.07, 6.45) is 2.59. The number of pyridine rings is 1. The topological polar surface area (TPSA) is 24.9 Å². The summed E-state index contributed by atoms with van der Waals surface area (Å²) in [4.78, 5) is 4.04. The van der Waals surface area contributed by atoms with Crippen molar-refractivity contribution in [1.82, 2.24) is 10.3 Å². The Morgan fingerprint density at radius 3 is 2.77 bits per heavy atom. The van der Waals surface area contributed by atoms with E-state index in [1.165, 1.54) is 0 Å². The van der Waals surface area contributed by atoms with Crippen LogP contribution in [0, 0.1) is 0 Å². The van der Waals surface area contributed by atoms with E-state index >= 15 is 0 Å². The maximum atomic E-state index is 5.95. The van der Waals surface area contributed by atoms with Crippen molar-refractivity contribution in [2.45, 2.75) is 25.8 Å². The van der Waals surface area contributed by atoms with Crippen molar-refractivity contribution in [2.24, 2.45) is 0 Å². The van der Waals surface area contributed by atoms with Gasteiger partial charge in [0.05, 0.1) is 0 Å². The molecule has 1 heterocycles. The second-order valence-corrected chi connectivity index (χ2v) is 4.12. The fraction of sp³-hybridized carbons (Fsp3) is 0.500. The Hall–Kier alpha value is -0.600. The molecule has 0 bridgehead atoms. The van der Waals surface area contributed by atoms with Crippen LogP contribution in [0.1, 0.15) is 19.4 Å². The van der Waals surface area contributed by atoms with Crippen molar-refractivity contribution >= 4 is 11.6 Å². The Labute approximate surface area is 84.3 Å². The molecule has 0 aliphatic carbocycles. The average molecular weight is 199 g/mol. The van der Waals surface area contributed by atoms with Crippen molar-refractivity contribution < 1.29 is 0 Å². The van der Waals surface area contributed by atoms with E-state index < -0.39 is 0 Å². The third-order valence-corrected chi connectivity index (χ3v) is 2.49. The molecule has 0 aromatic carbocycles. The normalized spacial score (nSPS) is 11.7. The van der Waals surface area contributed by atoms with Gasteiger partial charge in [0.25, 0.3) is 0 Å². The molecule has 3 heteroatoms. The van der Waals surface area contributed by atoms with Gasteiger partial charge in [-0.05, 0) is 38.9 Å². The van der Waals surface area contributed by atoms with E-state index in [2.05, 4.69) is 24.1 Å². The van der Waals surface area contributed by atoms with Gasteiger partial charge < -0.3 is 5.32 Å². The standard InChI is InChI=1S/C10H15ClN2/c1-10(2,12-3)7-8-5-4-6-13-9(8)11/h4-6,12H,7H2,1-3H3. The van der Waals surface area contributed by atoms with E-state index in [-0.39, 0.29) is 5.54 Å². The average Bonchev–Trinajstić information content (AvgIpc) is 2.09. The van der Waals surface area contributed by atoms with Crippen molar-refractivity contribution in [3.05, 3.63) is 29.0 Å². The quantitative estimate of drug-likeness (QED) is 0.754. The van der Waals surface area contributed by atoms with Gasteiger partial charge >= 0.3 is 0 Å². The Kier molecular flexibility index (Phi) is 3.28. The van der Waals surface area contributed by atoms with Gasteiger partial charge in [-0.25, -0.2) is 4.98 Å². The number of likely N-dealkylation sites (N-methyl/N-ethyl adjacent to an activating group) is 1. The van der Waals surface area contributed by atoms with E-state index in [0.29, 0.717) is 5.15 Å². The van der Waals surface area contributed by atoms with Crippen LogP contribution in [0.25, 0.3) is 0 Å². The van der Waals surface area contributed by atoms with Crippen LogP contribution in [0.4, 0.5) is 0 Å². The maximum absolute atomic E-state index is 5.95. The van der Waals surface area contributed by atoms with E-state index in [0.717, 1.165) is 12.0 Å². The fourth-order valence-electron chi connectivity index (χ4n) is 1.12. The number of rotatable bonds is 3. The van der Waals surface area contributed by atoms with Crippen LogP contribution in [0.15, 0.2) is 18.3 Å². The summed E-state index contributed by atoms with van der Waals surface area (Å²) in [7, 11) is 1.95. The molecule has 0 amide bonds. The second kappa shape index (κ2) is 4.07. The third-order valence-electron chi connectivity index (χ3n) is 2.15. The first-order valence-corrected chi connectivity index (χ1v) is 4.71. The molecule has 13 heavy (non-hydrogen) atoms. The van der Waals surface area contributed by atoms with Crippen LogP contribution in [-0.4, -0.2) is 17.6 Å². The lowest BCUT2D eigenvalue weighted by molar-refractivity contribution is 0.421. The molecule has 0 fully saturated rings. The molecule has 1 aromatic rings. The summed E-state index contributed by atoms with van der Waals surface area (Å²) in [5, 5.41) is 3.83. The van der Waals surface area contributed by atoms with Gasteiger partial charge in [0.2, 0.25) is 0 Å². The van der Waals surface area contributed by atoms with Crippen LogP contribution >= 0.6 is 11.6 Å². The Morgan fingerprint density at radius 2 is 2.23 bits per heavy atom. The zero-order chi connectivity index (χ0) is 9.90. The first-order chi connectivity index (χ1) is 6.05. The van der Waals surface area contributed by atoms with Gasteiger partial charge in [0.1, 0.15) is 5.15 Å². The molecule has 1 aromatic heterocycles. The molecule has 0 spiro atoms. The Bertz CT molecular complexity index is 284. The number of aromatic nitrogens is 1. The minimum atomic E-state index is 0.0622. The minimum absolute atomic E-state index is 0.0622. The largest absolute Gasteiger partial charge is 0.314 e. The molecule has 0 aliphatic heterocycles. The molecule has 2 nitrogen and oxygen atoms in total.